The number of rotatable bonds is 8. The largest absolute Gasteiger partial charge is 0.496 e. The number of benzene rings is 1. The van der Waals surface area contributed by atoms with Crippen molar-refractivity contribution in [1.82, 2.24) is 19.9 Å². The Kier molecular flexibility index (Phi) is 5.92. The second-order valence-corrected chi connectivity index (χ2v) is 8.50. The number of nitrogens with one attached hydrogen (secondary N) is 1. The van der Waals surface area contributed by atoms with Crippen molar-refractivity contribution in [3.8, 4) is 5.75 Å². The first-order valence-corrected chi connectivity index (χ1v) is 10.5. The van der Waals surface area contributed by atoms with Gasteiger partial charge in [0, 0.05) is 17.3 Å². The van der Waals surface area contributed by atoms with Crippen molar-refractivity contribution >= 4 is 27.2 Å². The van der Waals surface area contributed by atoms with Gasteiger partial charge in [0.25, 0.3) is 0 Å². The number of methoxy groups -OCH3 is 1. The third-order valence-corrected chi connectivity index (χ3v) is 5.69. The molecule has 3 rings (SSSR count). The molecule has 3 aromatic rings. The molecule has 0 atom stereocenters. The van der Waals surface area contributed by atoms with Crippen molar-refractivity contribution in [3.05, 3.63) is 59.5 Å². The number of sulfone groups is 1. The van der Waals surface area contributed by atoms with Gasteiger partial charge in [-0.3, -0.25) is 14.0 Å². The van der Waals surface area contributed by atoms with E-state index in [9.17, 15) is 18.0 Å². The predicted octanol–water partition coefficient (Wildman–Crippen LogP) is 1.17. The Morgan fingerprint density at radius 1 is 1.17 bits per heavy atom. The van der Waals surface area contributed by atoms with Crippen molar-refractivity contribution in [2.45, 2.75) is 19.2 Å². The molecule has 9 nitrogen and oxygen atoms in total. The van der Waals surface area contributed by atoms with Gasteiger partial charge in [-0.2, -0.15) is 0 Å². The van der Waals surface area contributed by atoms with E-state index in [4.69, 9.17) is 4.74 Å². The lowest BCUT2D eigenvalue weighted by Crippen LogP contribution is -2.31. The Balaban J connectivity index is 1.67. The maximum atomic E-state index is 12.5. The zero-order valence-electron chi connectivity index (χ0n) is 16.0. The van der Waals surface area contributed by atoms with Gasteiger partial charge in [0.05, 0.1) is 19.4 Å². The van der Waals surface area contributed by atoms with Crippen molar-refractivity contribution in [1.29, 1.82) is 0 Å². The highest BCUT2D eigenvalue weighted by molar-refractivity contribution is 7.91. The number of hydrogen-bond donors (Lipinski definition) is 1. The molecule has 0 spiro atoms. The third kappa shape index (κ3) is 4.96. The van der Waals surface area contributed by atoms with Gasteiger partial charge >= 0.3 is 0 Å². The molecule has 2 aromatic heterocycles. The molecule has 152 valence electrons. The minimum absolute atomic E-state index is 0.0443. The number of Topliss-reactive ketones (excluding diaryl/α,β-unsaturated/α-hetero) is 1. The Bertz CT molecular complexity index is 1170. The van der Waals surface area contributed by atoms with Crippen molar-refractivity contribution in [2.75, 3.05) is 12.9 Å². The minimum atomic E-state index is -3.79. The number of hydrogen-bond acceptors (Lipinski definition) is 7. The van der Waals surface area contributed by atoms with Crippen LogP contribution in [0.1, 0.15) is 28.7 Å². The van der Waals surface area contributed by atoms with Gasteiger partial charge in [-0.25, -0.2) is 8.42 Å². The number of carbonyl (C=O) groups is 2. The van der Waals surface area contributed by atoms with Crippen molar-refractivity contribution < 1.29 is 22.7 Å². The molecule has 0 aliphatic rings. The van der Waals surface area contributed by atoms with E-state index in [1.807, 2.05) is 6.07 Å². The number of ketones is 1. The molecule has 1 amide bonds. The van der Waals surface area contributed by atoms with Gasteiger partial charge < -0.3 is 10.1 Å². The minimum Gasteiger partial charge on any atom is -0.496 e. The van der Waals surface area contributed by atoms with E-state index in [0.29, 0.717) is 28.3 Å². The molecule has 1 aromatic carbocycles. The fraction of sp³-hybridized carbons (Fsp3) is 0.263. The quantitative estimate of drug-likeness (QED) is 0.547. The van der Waals surface area contributed by atoms with E-state index in [1.54, 1.807) is 28.8 Å². The number of pyridine rings is 1. The summed E-state index contributed by atoms with van der Waals surface area (Å²) in [5.41, 5.74) is 1.33. The second-order valence-electron chi connectivity index (χ2n) is 6.44. The second kappa shape index (κ2) is 8.39. The van der Waals surface area contributed by atoms with Crippen molar-refractivity contribution in [3.63, 3.8) is 0 Å². The normalized spacial score (nSPS) is 11.4. The van der Waals surface area contributed by atoms with Gasteiger partial charge in [-0.05, 0) is 37.3 Å². The SMILES string of the molecule is COc1ccc(C(C)=O)cc1CS(=O)(=O)CC(=O)NCc1nnc2ccccn12. The highest BCUT2D eigenvalue weighted by Crippen LogP contribution is 2.23. The van der Waals surface area contributed by atoms with E-state index in [0.717, 1.165) is 0 Å². The van der Waals surface area contributed by atoms with Crippen LogP contribution in [0.2, 0.25) is 0 Å². The summed E-state index contributed by atoms with van der Waals surface area (Å²) in [6, 6.07) is 9.96. The van der Waals surface area contributed by atoms with Crippen LogP contribution in [0.25, 0.3) is 5.65 Å². The number of amides is 1. The molecule has 0 radical (unpaired) electrons. The average Bonchev–Trinajstić information content (AvgIpc) is 3.08. The van der Waals surface area contributed by atoms with Crippen LogP contribution in [0, 0.1) is 0 Å². The summed E-state index contributed by atoms with van der Waals surface area (Å²) in [7, 11) is -2.38. The summed E-state index contributed by atoms with van der Waals surface area (Å²) in [6.45, 7) is 1.43. The summed E-state index contributed by atoms with van der Waals surface area (Å²) < 4.78 is 31.9. The van der Waals surface area contributed by atoms with Crippen LogP contribution < -0.4 is 10.1 Å². The van der Waals surface area contributed by atoms with Gasteiger partial charge in [0.2, 0.25) is 5.91 Å². The molecule has 0 saturated heterocycles. The summed E-state index contributed by atoms with van der Waals surface area (Å²) in [5, 5.41) is 10.5. The molecule has 10 heteroatoms. The van der Waals surface area contributed by atoms with Crippen LogP contribution >= 0.6 is 0 Å². The van der Waals surface area contributed by atoms with E-state index >= 15 is 0 Å². The molecule has 0 aliphatic carbocycles. The number of ether oxygens (including phenoxy) is 1. The summed E-state index contributed by atoms with van der Waals surface area (Å²) >= 11 is 0. The number of carbonyl (C=O) groups excluding carboxylic acids is 2. The van der Waals surface area contributed by atoms with Crippen LogP contribution in [0.3, 0.4) is 0 Å². The number of fused-ring (bicyclic) bond motifs is 1. The highest BCUT2D eigenvalue weighted by Gasteiger charge is 2.21. The van der Waals surface area contributed by atoms with Gasteiger partial charge in [0.15, 0.2) is 27.1 Å². The summed E-state index contributed by atoms with van der Waals surface area (Å²) in [6.07, 6.45) is 1.75. The maximum Gasteiger partial charge on any atom is 0.235 e. The van der Waals surface area contributed by atoms with Crippen molar-refractivity contribution in [2.24, 2.45) is 0 Å². The van der Waals surface area contributed by atoms with Crippen LogP contribution in [0.15, 0.2) is 42.6 Å². The number of aromatic nitrogens is 3. The standard InChI is InChI=1S/C19H20N4O5S/c1-13(24)14-6-7-16(28-2)15(9-14)11-29(26,27)12-19(25)20-10-18-22-21-17-5-3-4-8-23(17)18/h3-9H,10-12H2,1-2H3,(H,20,25). The smallest absolute Gasteiger partial charge is 0.235 e. The lowest BCUT2D eigenvalue weighted by molar-refractivity contribution is -0.118. The first kappa shape index (κ1) is 20.5. The molecule has 0 saturated carbocycles. The lowest BCUT2D eigenvalue weighted by atomic mass is 10.1. The van der Waals surface area contributed by atoms with Crippen LogP contribution in [0.5, 0.6) is 5.75 Å². The lowest BCUT2D eigenvalue weighted by Gasteiger charge is -2.11. The van der Waals surface area contributed by atoms with E-state index in [2.05, 4.69) is 15.5 Å². The molecular weight excluding hydrogens is 396 g/mol. The molecular formula is C19H20N4O5S. The monoisotopic (exact) mass is 416 g/mol. The Labute approximate surface area is 167 Å². The van der Waals surface area contributed by atoms with Crippen LogP contribution in [-0.4, -0.2) is 47.6 Å². The Hall–Kier alpha value is -3.27. The average molecular weight is 416 g/mol. The van der Waals surface area contributed by atoms with Crippen LogP contribution in [-0.2, 0) is 26.9 Å². The van der Waals surface area contributed by atoms with Gasteiger partial charge in [-0.15, -0.1) is 10.2 Å². The summed E-state index contributed by atoms with van der Waals surface area (Å²) in [4.78, 5) is 23.7. The zero-order valence-corrected chi connectivity index (χ0v) is 16.8. The van der Waals surface area contributed by atoms with E-state index in [-0.39, 0.29) is 12.3 Å². The molecule has 0 fully saturated rings. The first-order chi connectivity index (χ1) is 13.8. The third-order valence-electron chi connectivity index (χ3n) is 4.24. The van der Waals surface area contributed by atoms with Crippen LogP contribution in [0.4, 0.5) is 0 Å². The zero-order chi connectivity index (χ0) is 21.0. The maximum absolute atomic E-state index is 12.5. The van der Waals surface area contributed by atoms with Gasteiger partial charge in [-0.1, -0.05) is 6.07 Å². The first-order valence-electron chi connectivity index (χ1n) is 8.72. The van der Waals surface area contributed by atoms with E-state index in [1.165, 1.54) is 26.2 Å². The Morgan fingerprint density at radius 2 is 1.97 bits per heavy atom. The highest BCUT2D eigenvalue weighted by atomic mass is 32.2. The molecule has 1 N–H and O–H groups in total. The topological polar surface area (TPSA) is 120 Å². The molecule has 0 bridgehead atoms. The fourth-order valence-corrected chi connectivity index (χ4v) is 4.14. The number of nitrogens with zero attached hydrogens (tertiary/aromatic N) is 3. The predicted molar refractivity (Wildman–Crippen MR) is 105 cm³/mol. The summed E-state index contributed by atoms with van der Waals surface area (Å²) in [5.74, 6) is -1.13. The van der Waals surface area contributed by atoms with E-state index < -0.39 is 27.3 Å². The van der Waals surface area contributed by atoms with Gasteiger partial charge in [0.1, 0.15) is 11.5 Å². The molecule has 0 aliphatic heterocycles. The molecule has 0 unspecified atom stereocenters. The molecule has 29 heavy (non-hydrogen) atoms. The molecule has 2 heterocycles. The fourth-order valence-electron chi connectivity index (χ4n) is 2.84. The Morgan fingerprint density at radius 3 is 2.69 bits per heavy atom.